The Morgan fingerprint density at radius 1 is 1.55 bits per heavy atom. The number of nitrogens with zero attached hydrogens (tertiary/aromatic N) is 2. The average Bonchev–Trinajstić information content (AvgIpc) is 3.01. The van der Waals surface area contributed by atoms with Gasteiger partial charge in [0.1, 0.15) is 0 Å². The van der Waals surface area contributed by atoms with Gasteiger partial charge in [0.2, 0.25) is 0 Å². The van der Waals surface area contributed by atoms with Crippen molar-refractivity contribution in [3.05, 3.63) is 16.6 Å². The molecule has 1 aliphatic rings. The van der Waals surface area contributed by atoms with E-state index in [1.807, 2.05) is 5.51 Å². The molecule has 1 aromatic heterocycles. The van der Waals surface area contributed by atoms with E-state index in [-0.39, 0.29) is 5.41 Å². The van der Waals surface area contributed by atoms with Gasteiger partial charge in [0.25, 0.3) is 0 Å². The topological polar surface area (TPSA) is 37.4 Å². The van der Waals surface area contributed by atoms with E-state index in [4.69, 9.17) is 4.74 Å². The lowest BCUT2D eigenvalue weighted by molar-refractivity contribution is 0.115. The zero-order valence-electron chi connectivity index (χ0n) is 12.9. The van der Waals surface area contributed by atoms with Crippen molar-refractivity contribution in [3.8, 4) is 0 Å². The van der Waals surface area contributed by atoms with Crippen LogP contribution < -0.4 is 5.32 Å². The molecular weight excluding hydrogens is 270 g/mol. The van der Waals surface area contributed by atoms with Gasteiger partial charge in [0.15, 0.2) is 0 Å². The smallest absolute Gasteiger partial charge is 0.0795 e. The maximum atomic E-state index is 5.67. The van der Waals surface area contributed by atoms with Crippen LogP contribution >= 0.6 is 11.3 Å². The van der Waals surface area contributed by atoms with Crippen LogP contribution in [-0.4, -0.2) is 49.8 Å². The molecule has 4 nitrogen and oxygen atoms in total. The first-order chi connectivity index (χ1) is 9.60. The standard InChI is InChI=1S/C15H27N3OS/c1-13(2)6-16-9-15(4-5-19-11-15)10-18(3)7-14-8-20-12-17-14/h8,12-13,16H,4-7,9-11H2,1-3H3. The first-order valence-corrected chi connectivity index (χ1v) is 8.38. The maximum absolute atomic E-state index is 5.67. The van der Waals surface area contributed by atoms with Crippen molar-refractivity contribution in [1.82, 2.24) is 15.2 Å². The van der Waals surface area contributed by atoms with E-state index in [9.17, 15) is 0 Å². The molecule has 1 aliphatic heterocycles. The Morgan fingerprint density at radius 3 is 3.00 bits per heavy atom. The van der Waals surface area contributed by atoms with E-state index in [0.29, 0.717) is 5.92 Å². The Hall–Kier alpha value is -0.490. The minimum Gasteiger partial charge on any atom is -0.381 e. The maximum Gasteiger partial charge on any atom is 0.0795 e. The molecule has 1 atom stereocenters. The number of hydrogen-bond acceptors (Lipinski definition) is 5. The number of thiazole rings is 1. The molecule has 0 radical (unpaired) electrons. The number of aromatic nitrogens is 1. The largest absolute Gasteiger partial charge is 0.381 e. The molecule has 1 saturated heterocycles. The quantitative estimate of drug-likeness (QED) is 0.798. The predicted octanol–water partition coefficient (Wildman–Crippen LogP) is 2.23. The molecule has 5 heteroatoms. The Balaban J connectivity index is 1.84. The summed E-state index contributed by atoms with van der Waals surface area (Å²) in [4.78, 5) is 6.74. The monoisotopic (exact) mass is 297 g/mol. The second-order valence-electron chi connectivity index (χ2n) is 6.48. The predicted molar refractivity (Wildman–Crippen MR) is 84.0 cm³/mol. The van der Waals surface area contributed by atoms with Crippen LogP contribution in [-0.2, 0) is 11.3 Å². The summed E-state index contributed by atoms with van der Waals surface area (Å²) in [6.07, 6.45) is 1.15. The summed E-state index contributed by atoms with van der Waals surface area (Å²) in [5.41, 5.74) is 3.34. The van der Waals surface area contributed by atoms with Crippen molar-refractivity contribution in [1.29, 1.82) is 0 Å². The number of hydrogen-bond donors (Lipinski definition) is 1. The van der Waals surface area contributed by atoms with Gasteiger partial charge < -0.3 is 10.1 Å². The van der Waals surface area contributed by atoms with Crippen LogP contribution in [0.15, 0.2) is 10.9 Å². The molecule has 0 amide bonds. The normalized spacial score (nSPS) is 23.1. The number of ether oxygens (including phenoxy) is 1. The Kier molecular flexibility index (Phi) is 5.96. The molecule has 0 aromatic carbocycles. The molecule has 1 aromatic rings. The Labute approximate surface area is 126 Å². The van der Waals surface area contributed by atoms with Crippen LogP contribution in [0, 0.1) is 11.3 Å². The highest BCUT2D eigenvalue weighted by molar-refractivity contribution is 7.07. The summed E-state index contributed by atoms with van der Waals surface area (Å²) < 4.78 is 5.67. The zero-order chi connectivity index (χ0) is 14.4. The third kappa shape index (κ3) is 4.81. The van der Waals surface area contributed by atoms with Crippen LogP contribution in [0.25, 0.3) is 0 Å². The van der Waals surface area contributed by atoms with Crippen molar-refractivity contribution in [2.45, 2.75) is 26.8 Å². The van der Waals surface area contributed by atoms with Gasteiger partial charge in [-0.1, -0.05) is 13.8 Å². The second kappa shape index (κ2) is 7.50. The molecule has 1 N–H and O–H groups in total. The summed E-state index contributed by atoms with van der Waals surface area (Å²) in [5, 5.41) is 5.74. The first kappa shape index (κ1) is 15.9. The van der Waals surface area contributed by atoms with Crippen molar-refractivity contribution in [2.75, 3.05) is 39.9 Å². The van der Waals surface area contributed by atoms with Crippen molar-refractivity contribution in [2.24, 2.45) is 11.3 Å². The van der Waals surface area contributed by atoms with E-state index in [1.54, 1.807) is 11.3 Å². The van der Waals surface area contributed by atoms with E-state index >= 15 is 0 Å². The molecule has 1 fully saturated rings. The van der Waals surface area contributed by atoms with Gasteiger partial charge >= 0.3 is 0 Å². The summed E-state index contributed by atoms with van der Waals surface area (Å²) >= 11 is 1.67. The van der Waals surface area contributed by atoms with Crippen LogP contribution in [0.2, 0.25) is 0 Å². The lowest BCUT2D eigenvalue weighted by Gasteiger charge is -2.32. The van der Waals surface area contributed by atoms with Crippen molar-refractivity contribution < 1.29 is 4.74 Å². The van der Waals surface area contributed by atoms with Crippen LogP contribution in [0.3, 0.4) is 0 Å². The third-order valence-electron chi connectivity index (χ3n) is 3.76. The molecule has 0 bridgehead atoms. The number of rotatable bonds is 8. The van der Waals surface area contributed by atoms with Crippen LogP contribution in [0.1, 0.15) is 26.0 Å². The van der Waals surface area contributed by atoms with Gasteiger partial charge in [-0.25, -0.2) is 4.98 Å². The molecule has 0 saturated carbocycles. The highest BCUT2D eigenvalue weighted by Crippen LogP contribution is 2.29. The Morgan fingerprint density at radius 2 is 2.40 bits per heavy atom. The highest BCUT2D eigenvalue weighted by Gasteiger charge is 2.35. The van der Waals surface area contributed by atoms with Crippen LogP contribution in [0.4, 0.5) is 0 Å². The molecule has 2 rings (SSSR count). The van der Waals surface area contributed by atoms with E-state index < -0.39 is 0 Å². The molecule has 0 aliphatic carbocycles. The van der Waals surface area contributed by atoms with Gasteiger partial charge in [0, 0.05) is 37.0 Å². The van der Waals surface area contributed by atoms with Gasteiger partial charge in [-0.2, -0.15) is 0 Å². The van der Waals surface area contributed by atoms with E-state index in [2.05, 4.69) is 41.5 Å². The van der Waals surface area contributed by atoms with Gasteiger partial charge in [-0.05, 0) is 25.9 Å². The fourth-order valence-corrected chi connectivity index (χ4v) is 3.37. The third-order valence-corrected chi connectivity index (χ3v) is 4.39. The van der Waals surface area contributed by atoms with Crippen LogP contribution in [0.5, 0.6) is 0 Å². The SMILES string of the molecule is CC(C)CNCC1(CN(C)Cc2cscn2)CCOC1. The molecule has 1 unspecified atom stereocenters. The Bertz CT molecular complexity index is 374. The minimum absolute atomic E-state index is 0.264. The second-order valence-corrected chi connectivity index (χ2v) is 7.20. The fraction of sp³-hybridized carbons (Fsp3) is 0.800. The molecule has 2 heterocycles. The minimum atomic E-state index is 0.264. The molecular formula is C15H27N3OS. The van der Waals surface area contributed by atoms with Gasteiger partial charge in [-0.3, -0.25) is 4.90 Å². The fourth-order valence-electron chi connectivity index (χ4n) is 2.82. The molecule has 0 spiro atoms. The molecule has 20 heavy (non-hydrogen) atoms. The van der Waals surface area contributed by atoms with Crippen molar-refractivity contribution in [3.63, 3.8) is 0 Å². The number of nitrogens with one attached hydrogen (secondary N) is 1. The highest BCUT2D eigenvalue weighted by atomic mass is 32.1. The first-order valence-electron chi connectivity index (χ1n) is 7.44. The zero-order valence-corrected chi connectivity index (χ0v) is 13.7. The summed E-state index contributed by atoms with van der Waals surface area (Å²) in [6, 6.07) is 0. The van der Waals surface area contributed by atoms with E-state index in [1.165, 1.54) is 5.69 Å². The molecule has 114 valence electrons. The van der Waals surface area contributed by atoms with Crippen molar-refractivity contribution >= 4 is 11.3 Å². The lowest BCUT2D eigenvalue weighted by Crippen LogP contribution is -2.44. The average molecular weight is 297 g/mol. The summed E-state index contributed by atoms with van der Waals surface area (Å²) in [7, 11) is 2.18. The summed E-state index contributed by atoms with van der Waals surface area (Å²) in [6.45, 7) is 10.4. The van der Waals surface area contributed by atoms with E-state index in [0.717, 1.165) is 45.8 Å². The lowest BCUT2D eigenvalue weighted by atomic mass is 9.86. The van der Waals surface area contributed by atoms with Gasteiger partial charge in [-0.15, -0.1) is 11.3 Å². The summed E-state index contributed by atoms with van der Waals surface area (Å²) in [5.74, 6) is 0.696. The van der Waals surface area contributed by atoms with Gasteiger partial charge in [0.05, 0.1) is 17.8 Å².